The molecule has 6 nitrogen and oxygen atoms in total. The van der Waals surface area contributed by atoms with Gasteiger partial charge in [0.15, 0.2) is 0 Å². The Morgan fingerprint density at radius 3 is 2.91 bits per heavy atom. The van der Waals surface area contributed by atoms with Crippen molar-refractivity contribution in [1.82, 2.24) is 15.3 Å². The predicted octanol–water partition coefficient (Wildman–Crippen LogP) is 1.85. The van der Waals surface area contributed by atoms with Crippen molar-refractivity contribution < 1.29 is 9.53 Å². The van der Waals surface area contributed by atoms with Crippen LogP contribution in [0.25, 0.3) is 0 Å². The van der Waals surface area contributed by atoms with E-state index in [9.17, 15) is 4.79 Å². The normalized spacial score (nSPS) is 9.74. The SMILES string of the molecule is C#CCNC(=O)c1ccc(NCc2cccnc2OCC)nc1. The van der Waals surface area contributed by atoms with E-state index in [0.29, 0.717) is 30.4 Å². The van der Waals surface area contributed by atoms with Crippen molar-refractivity contribution >= 4 is 11.7 Å². The fraction of sp³-hybridized carbons (Fsp3) is 0.235. The summed E-state index contributed by atoms with van der Waals surface area (Å²) in [6, 6.07) is 7.22. The monoisotopic (exact) mass is 310 g/mol. The van der Waals surface area contributed by atoms with Crippen molar-refractivity contribution in [3.8, 4) is 18.2 Å². The second kappa shape index (κ2) is 8.39. The van der Waals surface area contributed by atoms with E-state index in [0.717, 1.165) is 5.56 Å². The van der Waals surface area contributed by atoms with Crippen molar-refractivity contribution in [2.24, 2.45) is 0 Å². The third kappa shape index (κ3) is 4.71. The van der Waals surface area contributed by atoms with Crippen LogP contribution in [0, 0.1) is 12.3 Å². The summed E-state index contributed by atoms with van der Waals surface area (Å²) in [6.45, 7) is 3.19. The van der Waals surface area contributed by atoms with Gasteiger partial charge in [-0.2, -0.15) is 0 Å². The zero-order valence-corrected chi connectivity index (χ0v) is 12.9. The number of terminal acetylenes is 1. The fourth-order valence-corrected chi connectivity index (χ4v) is 1.88. The molecule has 1 amide bonds. The van der Waals surface area contributed by atoms with Crippen LogP contribution in [0.3, 0.4) is 0 Å². The number of nitrogens with one attached hydrogen (secondary N) is 2. The van der Waals surface area contributed by atoms with E-state index >= 15 is 0 Å². The molecule has 0 unspecified atom stereocenters. The zero-order valence-electron chi connectivity index (χ0n) is 12.9. The van der Waals surface area contributed by atoms with Crippen LogP contribution in [0.15, 0.2) is 36.7 Å². The Balaban J connectivity index is 1.97. The quantitative estimate of drug-likeness (QED) is 0.763. The predicted molar refractivity (Wildman–Crippen MR) is 88.1 cm³/mol. The topological polar surface area (TPSA) is 76.1 Å². The second-order valence-corrected chi connectivity index (χ2v) is 4.57. The lowest BCUT2D eigenvalue weighted by molar-refractivity contribution is 0.0958. The van der Waals surface area contributed by atoms with Crippen molar-refractivity contribution in [1.29, 1.82) is 0 Å². The third-order valence-corrected chi connectivity index (χ3v) is 2.97. The average Bonchev–Trinajstić information content (AvgIpc) is 2.59. The van der Waals surface area contributed by atoms with Gasteiger partial charge in [0.1, 0.15) is 5.82 Å². The molecule has 0 atom stereocenters. The number of carbonyl (C=O) groups excluding carboxylic acids is 1. The summed E-state index contributed by atoms with van der Waals surface area (Å²) in [4.78, 5) is 20.1. The van der Waals surface area contributed by atoms with Crippen molar-refractivity contribution in [3.05, 3.63) is 47.8 Å². The lowest BCUT2D eigenvalue weighted by Crippen LogP contribution is -2.23. The lowest BCUT2D eigenvalue weighted by Gasteiger charge is -2.10. The molecule has 0 aliphatic heterocycles. The van der Waals surface area contributed by atoms with E-state index < -0.39 is 0 Å². The molecule has 23 heavy (non-hydrogen) atoms. The van der Waals surface area contributed by atoms with Gasteiger partial charge in [-0.25, -0.2) is 9.97 Å². The van der Waals surface area contributed by atoms with Gasteiger partial charge < -0.3 is 15.4 Å². The van der Waals surface area contributed by atoms with E-state index in [2.05, 4.69) is 26.5 Å². The summed E-state index contributed by atoms with van der Waals surface area (Å²) in [5.74, 6) is 3.37. The summed E-state index contributed by atoms with van der Waals surface area (Å²) in [6.07, 6.45) is 8.29. The number of ether oxygens (including phenoxy) is 1. The van der Waals surface area contributed by atoms with Crippen LogP contribution in [-0.4, -0.2) is 29.0 Å². The molecule has 2 aromatic rings. The second-order valence-electron chi connectivity index (χ2n) is 4.57. The van der Waals surface area contributed by atoms with Gasteiger partial charge in [0, 0.05) is 24.5 Å². The Morgan fingerprint density at radius 1 is 1.35 bits per heavy atom. The Kier molecular flexibility index (Phi) is 5.95. The summed E-state index contributed by atoms with van der Waals surface area (Å²) in [5.41, 5.74) is 1.40. The minimum atomic E-state index is -0.243. The molecular formula is C17H18N4O2. The molecule has 118 valence electrons. The van der Waals surface area contributed by atoms with Crippen LogP contribution < -0.4 is 15.4 Å². The van der Waals surface area contributed by atoms with Gasteiger partial charge in [-0.1, -0.05) is 12.0 Å². The first kappa shape index (κ1) is 16.3. The van der Waals surface area contributed by atoms with Crippen LogP contribution >= 0.6 is 0 Å². The Hall–Kier alpha value is -3.07. The number of rotatable bonds is 7. The Labute approximate surface area is 135 Å². The van der Waals surface area contributed by atoms with Crippen molar-refractivity contribution in [2.45, 2.75) is 13.5 Å². The maximum absolute atomic E-state index is 11.7. The van der Waals surface area contributed by atoms with Gasteiger partial charge >= 0.3 is 0 Å². The van der Waals surface area contributed by atoms with E-state index in [4.69, 9.17) is 11.2 Å². The highest BCUT2D eigenvalue weighted by molar-refractivity contribution is 5.94. The van der Waals surface area contributed by atoms with Gasteiger partial charge in [-0.15, -0.1) is 6.42 Å². The van der Waals surface area contributed by atoms with Gasteiger partial charge in [0.2, 0.25) is 5.88 Å². The first-order valence-electron chi connectivity index (χ1n) is 7.23. The number of amides is 1. The summed E-state index contributed by atoms with van der Waals surface area (Å²) in [7, 11) is 0. The van der Waals surface area contributed by atoms with E-state index in [1.807, 2.05) is 19.1 Å². The molecule has 0 aromatic carbocycles. The van der Waals surface area contributed by atoms with Crippen LogP contribution in [-0.2, 0) is 6.54 Å². The van der Waals surface area contributed by atoms with Crippen LogP contribution in [0.4, 0.5) is 5.82 Å². The van der Waals surface area contributed by atoms with Crippen molar-refractivity contribution in [3.63, 3.8) is 0 Å². The smallest absolute Gasteiger partial charge is 0.253 e. The van der Waals surface area contributed by atoms with Gasteiger partial charge in [0.25, 0.3) is 5.91 Å². The molecule has 0 spiro atoms. The molecule has 6 heteroatoms. The first-order valence-corrected chi connectivity index (χ1v) is 7.23. The minimum Gasteiger partial charge on any atom is -0.478 e. The summed E-state index contributed by atoms with van der Waals surface area (Å²) < 4.78 is 5.47. The van der Waals surface area contributed by atoms with E-state index in [1.54, 1.807) is 18.3 Å². The molecule has 0 saturated heterocycles. The highest BCUT2D eigenvalue weighted by Gasteiger charge is 2.06. The number of carbonyl (C=O) groups is 1. The Morgan fingerprint density at radius 2 is 2.22 bits per heavy atom. The van der Waals surface area contributed by atoms with E-state index in [1.165, 1.54) is 6.20 Å². The molecule has 0 aliphatic carbocycles. The first-order chi connectivity index (χ1) is 11.2. The summed E-state index contributed by atoms with van der Waals surface area (Å²) in [5, 5.41) is 5.76. The largest absolute Gasteiger partial charge is 0.478 e. The zero-order chi connectivity index (χ0) is 16.5. The molecule has 0 aliphatic rings. The maximum Gasteiger partial charge on any atom is 0.253 e. The highest BCUT2D eigenvalue weighted by Crippen LogP contribution is 2.16. The third-order valence-electron chi connectivity index (χ3n) is 2.97. The maximum atomic E-state index is 11.7. The van der Waals surface area contributed by atoms with Crippen LogP contribution in [0.1, 0.15) is 22.8 Å². The van der Waals surface area contributed by atoms with Gasteiger partial charge in [0.05, 0.1) is 18.7 Å². The standard InChI is InChI=1S/C17H18N4O2/c1-3-9-18-16(22)13-7-8-15(20-11-13)21-12-14-6-5-10-19-17(14)23-4-2/h1,5-8,10-11H,4,9,12H2,2H3,(H,18,22)(H,20,21). The number of hydrogen-bond acceptors (Lipinski definition) is 5. The number of hydrogen-bond donors (Lipinski definition) is 2. The van der Waals surface area contributed by atoms with Gasteiger partial charge in [-0.3, -0.25) is 4.79 Å². The fourth-order valence-electron chi connectivity index (χ4n) is 1.88. The Bertz CT molecular complexity index is 692. The minimum absolute atomic E-state index is 0.194. The summed E-state index contributed by atoms with van der Waals surface area (Å²) >= 11 is 0. The molecule has 0 saturated carbocycles. The molecule has 2 N–H and O–H groups in total. The number of anilines is 1. The highest BCUT2D eigenvalue weighted by atomic mass is 16.5. The lowest BCUT2D eigenvalue weighted by atomic mass is 10.2. The van der Waals surface area contributed by atoms with E-state index in [-0.39, 0.29) is 12.5 Å². The molecule has 0 bridgehead atoms. The number of aromatic nitrogens is 2. The van der Waals surface area contributed by atoms with Crippen molar-refractivity contribution in [2.75, 3.05) is 18.5 Å². The molecule has 2 aromatic heterocycles. The van der Waals surface area contributed by atoms with Crippen LogP contribution in [0.2, 0.25) is 0 Å². The molecule has 0 radical (unpaired) electrons. The average molecular weight is 310 g/mol. The number of pyridine rings is 2. The van der Waals surface area contributed by atoms with Gasteiger partial charge in [-0.05, 0) is 25.1 Å². The van der Waals surface area contributed by atoms with Crippen LogP contribution in [0.5, 0.6) is 5.88 Å². The molecule has 2 heterocycles. The molecular weight excluding hydrogens is 292 g/mol. The molecule has 2 rings (SSSR count). The number of nitrogens with zero attached hydrogens (tertiary/aromatic N) is 2. The molecule has 0 fully saturated rings.